The van der Waals surface area contributed by atoms with Crippen LogP contribution in [0, 0.1) is 0 Å². The summed E-state index contributed by atoms with van der Waals surface area (Å²) >= 11 is 14.3. The van der Waals surface area contributed by atoms with E-state index in [1.165, 1.54) is 0 Å². The first-order valence-corrected chi connectivity index (χ1v) is 14.3. The topological polar surface area (TPSA) is 49.8 Å². The molecule has 5 rings (SSSR count). The van der Waals surface area contributed by atoms with Crippen molar-refractivity contribution in [2.45, 2.75) is 35.5 Å². The smallest absolute Gasteiger partial charge is 0.335 e. The molecule has 198 valence electrons. The largest absolute Gasteiger partial charge is 0.489 e. The molecular weight excluding hydrogens is 544 g/mol. The average molecular weight is 573 g/mol. The minimum atomic E-state index is -0.957. The van der Waals surface area contributed by atoms with Gasteiger partial charge in [-0.05, 0) is 77.9 Å². The van der Waals surface area contributed by atoms with E-state index < -0.39 is 5.97 Å². The van der Waals surface area contributed by atoms with Crippen LogP contribution in [0.25, 0.3) is 5.57 Å². The molecule has 3 aromatic rings. The quantitative estimate of drug-likeness (QED) is 0.295. The van der Waals surface area contributed by atoms with Crippen LogP contribution in [0.5, 0.6) is 5.75 Å². The lowest BCUT2D eigenvalue weighted by Gasteiger charge is -2.17. The number of halogens is 3. The monoisotopic (exact) mass is 571 g/mol. The number of carboxylic acids is 1. The lowest BCUT2D eigenvalue weighted by atomic mass is 9.95. The van der Waals surface area contributed by atoms with Gasteiger partial charge in [-0.2, -0.15) is 0 Å². The number of rotatable bonds is 8. The zero-order valence-corrected chi connectivity index (χ0v) is 23.0. The summed E-state index contributed by atoms with van der Waals surface area (Å²) in [5, 5.41) is 10.8. The minimum absolute atomic E-state index is 0.00498. The highest BCUT2D eigenvalue weighted by Crippen LogP contribution is 2.48. The van der Waals surface area contributed by atoms with Crippen molar-refractivity contribution in [3.8, 4) is 5.75 Å². The Morgan fingerprint density at radius 1 is 1.11 bits per heavy atom. The molecule has 0 saturated carbocycles. The number of aromatic carboxylic acids is 1. The highest BCUT2D eigenvalue weighted by Gasteiger charge is 2.25. The number of thioether (sulfide) groups is 1. The van der Waals surface area contributed by atoms with Crippen LogP contribution < -0.4 is 4.74 Å². The van der Waals surface area contributed by atoms with Crippen molar-refractivity contribution in [3.63, 3.8) is 0 Å². The third kappa shape index (κ3) is 6.20. The van der Waals surface area contributed by atoms with E-state index in [-0.39, 0.29) is 23.6 Å². The van der Waals surface area contributed by atoms with E-state index >= 15 is 0 Å². The molecule has 0 aromatic heterocycles. The summed E-state index contributed by atoms with van der Waals surface area (Å²) in [6, 6.07) is 18.9. The van der Waals surface area contributed by atoms with Crippen molar-refractivity contribution in [1.82, 2.24) is 4.90 Å². The number of carbonyl (C=O) groups is 1. The number of carboxylic acid groups (broad SMARTS) is 1. The maximum atomic E-state index is 12.5. The Hall–Kier alpha value is -2.51. The molecule has 8 heteroatoms. The molecule has 1 N–H and O–H groups in total. The fourth-order valence-electron chi connectivity index (χ4n) is 5.02. The average Bonchev–Trinajstić information content (AvgIpc) is 3.26. The second kappa shape index (κ2) is 12.1. The first kappa shape index (κ1) is 27.1. The maximum absolute atomic E-state index is 12.5. The third-order valence-electron chi connectivity index (χ3n) is 6.94. The van der Waals surface area contributed by atoms with Crippen LogP contribution in [0.2, 0.25) is 10.0 Å². The molecule has 2 heterocycles. The molecule has 0 radical (unpaired) electrons. The van der Waals surface area contributed by atoms with Gasteiger partial charge in [-0.3, -0.25) is 9.29 Å². The van der Waals surface area contributed by atoms with Crippen molar-refractivity contribution >= 4 is 46.5 Å². The van der Waals surface area contributed by atoms with Gasteiger partial charge in [0, 0.05) is 39.8 Å². The molecule has 2 aliphatic heterocycles. The molecule has 2 atom stereocenters. The minimum Gasteiger partial charge on any atom is -0.489 e. The molecule has 0 spiro atoms. The second-order valence-electron chi connectivity index (χ2n) is 9.54. The van der Waals surface area contributed by atoms with Gasteiger partial charge in [0.1, 0.15) is 11.9 Å². The van der Waals surface area contributed by atoms with Gasteiger partial charge in [0.25, 0.3) is 0 Å². The van der Waals surface area contributed by atoms with Gasteiger partial charge in [0.05, 0.1) is 12.2 Å². The summed E-state index contributed by atoms with van der Waals surface area (Å²) < 4.78 is 18.7. The van der Waals surface area contributed by atoms with E-state index in [1.807, 2.05) is 42.5 Å². The zero-order chi connectivity index (χ0) is 26.6. The summed E-state index contributed by atoms with van der Waals surface area (Å²) in [6.45, 7) is 2.23. The number of nitrogens with zero attached hydrogens (tertiary/aromatic N) is 1. The molecule has 38 heavy (non-hydrogen) atoms. The molecule has 0 bridgehead atoms. The number of hydrogen-bond acceptors (Lipinski definition) is 4. The van der Waals surface area contributed by atoms with Gasteiger partial charge >= 0.3 is 5.97 Å². The van der Waals surface area contributed by atoms with Gasteiger partial charge in [0.2, 0.25) is 0 Å². The lowest BCUT2D eigenvalue weighted by molar-refractivity contribution is 0.0696. The highest BCUT2D eigenvalue weighted by molar-refractivity contribution is 7.99. The Morgan fingerprint density at radius 3 is 2.66 bits per heavy atom. The van der Waals surface area contributed by atoms with Crippen LogP contribution in [-0.2, 0) is 0 Å². The summed E-state index contributed by atoms with van der Waals surface area (Å²) in [4.78, 5) is 14.9. The van der Waals surface area contributed by atoms with E-state index in [2.05, 4.69) is 11.0 Å². The highest BCUT2D eigenvalue weighted by atomic mass is 35.5. The number of likely N-dealkylation sites (tertiary alicyclic amines) is 1. The Kier molecular flexibility index (Phi) is 8.64. The number of benzene rings is 3. The van der Waals surface area contributed by atoms with Crippen molar-refractivity contribution in [1.29, 1.82) is 0 Å². The van der Waals surface area contributed by atoms with Crippen LogP contribution >= 0.6 is 35.0 Å². The van der Waals surface area contributed by atoms with Crippen molar-refractivity contribution < 1.29 is 19.0 Å². The van der Waals surface area contributed by atoms with Gasteiger partial charge in [-0.25, -0.2) is 4.79 Å². The summed E-state index contributed by atoms with van der Waals surface area (Å²) in [7, 11) is 0. The fraction of sp³-hybridized carbons (Fsp3) is 0.300. The molecular formula is C30H28Cl2FNO3S. The Morgan fingerprint density at radius 2 is 1.92 bits per heavy atom. The molecule has 0 aliphatic carbocycles. The van der Waals surface area contributed by atoms with Crippen LogP contribution in [-0.4, -0.2) is 48.4 Å². The number of allylic oxidation sites excluding steroid dienone is 1. The number of ether oxygens (including phenoxy) is 1. The van der Waals surface area contributed by atoms with Crippen LogP contribution in [0.1, 0.15) is 51.6 Å². The number of hydrogen-bond donors (Lipinski definition) is 1. The van der Waals surface area contributed by atoms with Crippen LogP contribution in [0.4, 0.5) is 4.39 Å². The van der Waals surface area contributed by atoms with Crippen molar-refractivity contribution in [3.05, 3.63) is 99.0 Å². The van der Waals surface area contributed by atoms with Gasteiger partial charge < -0.3 is 9.84 Å². The normalized spacial score (nSPS) is 19.5. The van der Waals surface area contributed by atoms with E-state index in [0.717, 1.165) is 59.0 Å². The summed E-state index contributed by atoms with van der Waals surface area (Å²) in [5.41, 5.74) is 4.27. The predicted octanol–water partition coefficient (Wildman–Crippen LogP) is 8.17. The summed E-state index contributed by atoms with van der Waals surface area (Å²) in [5.74, 6) is -0.150. The Labute approximate surface area is 236 Å². The van der Waals surface area contributed by atoms with Gasteiger partial charge in [-0.15, -0.1) is 11.8 Å². The predicted molar refractivity (Wildman–Crippen MR) is 153 cm³/mol. The SMILES string of the molecule is O=C(O)c1ccc2c(c1)SC(c1ccc(Cl)cc1Cl)CC=C2c1ccc(O[C@H]2CCN(CCCF)C2)cc1. The fourth-order valence-corrected chi connectivity index (χ4v) is 6.96. The van der Waals surface area contributed by atoms with E-state index in [4.69, 9.17) is 27.9 Å². The Bertz CT molecular complexity index is 1350. The third-order valence-corrected chi connectivity index (χ3v) is 8.82. The van der Waals surface area contributed by atoms with Crippen LogP contribution in [0.3, 0.4) is 0 Å². The molecule has 4 nitrogen and oxygen atoms in total. The second-order valence-corrected chi connectivity index (χ2v) is 11.6. The molecule has 0 amide bonds. The molecule has 1 saturated heterocycles. The zero-order valence-electron chi connectivity index (χ0n) is 20.7. The van der Waals surface area contributed by atoms with Crippen LogP contribution in [0.15, 0.2) is 71.6 Å². The number of fused-ring (bicyclic) bond motifs is 1. The van der Waals surface area contributed by atoms with E-state index in [0.29, 0.717) is 22.9 Å². The lowest BCUT2D eigenvalue weighted by Crippen LogP contribution is -2.26. The van der Waals surface area contributed by atoms with Crippen molar-refractivity contribution in [2.24, 2.45) is 0 Å². The van der Waals surface area contributed by atoms with Gasteiger partial charge in [0.15, 0.2) is 0 Å². The number of alkyl halides is 1. The molecule has 2 aliphatic rings. The standard InChI is InChI=1S/C30H28Cl2FNO3S/c31-21-5-9-26(27(32)17-21)28-11-10-24(25-8-4-20(30(35)36)16-29(25)38-28)19-2-6-22(7-3-19)37-23-12-15-34(18-23)14-1-13-33/h2-10,16-17,23,28H,1,11-15,18H2,(H,35,36)/t23-,28?/m0/s1. The van der Waals surface area contributed by atoms with Crippen molar-refractivity contribution in [2.75, 3.05) is 26.3 Å². The first-order chi connectivity index (χ1) is 18.4. The molecule has 1 unspecified atom stereocenters. The van der Waals surface area contributed by atoms with E-state index in [1.54, 1.807) is 30.0 Å². The molecule has 3 aromatic carbocycles. The molecule has 1 fully saturated rings. The first-order valence-electron chi connectivity index (χ1n) is 12.7. The maximum Gasteiger partial charge on any atom is 0.335 e. The van der Waals surface area contributed by atoms with Gasteiger partial charge in [-0.1, -0.05) is 53.5 Å². The summed E-state index contributed by atoms with van der Waals surface area (Å²) in [6.07, 6.45) is 4.52. The Balaban J connectivity index is 1.40. The van der Waals surface area contributed by atoms with E-state index in [9.17, 15) is 14.3 Å².